The first-order valence-corrected chi connectivity index (χ1v) is 7.76. The van der Waals surface area contributed by atoms with Crippen molar-refractivity contribution >= 4 is 16.8 Å². The molecule has 1 aliphatic heterocycles. The molecule has 0 spiro atoms. The summed E-state index contributed by atoms with van der Waals surface area (Å²) in [7, 11) is 0. The molecule has 0 unspecified atom stereocenters. The molecule has 1 fully saturated rings. The number of aromatic amines is 1. The van der Waals surface area contributed by atoms with Crippen molar-refractivity contribution in [1.82, 2.24) is 9.88 Å². The molecular formula is C17H21N3O3. The van der Waals surface area contributed by atoms with Gasteiger partial charge in [-0.15, -0.1) is 0 Å². The number of carbonyl (C=O) groups is 1. The first-order chi connectivity index (χ1) is 10.9. The highest BCUT2D eigenvalue weighted by molar-refractivity contribution is 5.96. The lowest BCUT2D eigenvalue weighted by molar-refractivity contribution is -0.0707. The fourth-order valence-electron chi connectivity index (χ4n) is 3.20. The molecule has 1 saturated heterocycles. The first-order valence-electron chi connectivity index (χ1n) is 7.76. The maximum absolute atomic E-state index is 12.3. The Labute approximate surface area is 134 Å². The van der Waals surface area contributed by atoms with Gasteiger partial charge in [0.15, 0.2) is 5.43 Å². The number of nitrogens with one attached hydrogen (secondary N) is 1. The Morgan fingerprint density at radius 1 is 1.30 bits per heavy atom. The average molecular weight is 315 g/mol. The molecule has 0 bridgehead atoms. The molecule has 122 valence electrons. The van der Waals surface area contributed by atoms with Crippen molar-refractivity contribution in [2.75, 3.05) is 13.1 Å². The fourth-order valence-corrected chi connectivity index (χ4v) is 3.20. The monoisotopic (exact) mass is 315 g/mol. The molecule has 6 nitrogen and oxygen atoms in total. The number of hydrogen-bond acceptors (Lipinski definition) is 4. The Balaban J connectivity index is 1.89. The zero-order chi connectivity index (χ0) is 16.6. The molecule has 1 aliphatic rings. The van der Waals surface area contributed by atoms with Crippen LogP contribution in [0, 0.1) is 0 Å². The van der Waals surface area contributed by atoms with E-state index in [2.05, 4.69) is 23.7 Å². The molecule has 2 atom stereocenters. The number of ether oxygens (including phenoxy) is 1. The minimum atomic E-state index is -0.535. The number of amides is 1. The first kappa shape index (κ1) is 15.7. The minimum Gasteiger partial charge on any atom is -0.373 e. The summed E-state index contributed by atoms with van der Waals surface area (Å²) in [5.74, 6) is -0.535. The Morgan fingerprint density at radius 2 is 2.00 bits per heavy atom. The van der Waals surface area contributed by atoms with E-state index in [0.717, 1.165) is 18.8 Å². The number of rotatable bonds is 3. The summed E-state index contributed by atoms with van der Waals surface area (Å²) < 4.78 is 5.73. The van der Waals surface area contributed by atoms with Gasteiger partial charge in [-0.05, 0) is 32.0 Å². The summed E-state index contributed by atoms with van der Waals surface area (Å²) in [6.45, 7) is 6.45. The van der Waals surface area contributed by atoms with Gasteiger partial charge < -0.3 is 15.5 Å². The Bertz CT molecular complexity index is 789. The number of hydrogen-bond donors (Lipinski definition) is 2. The predicted octanol–water partition coefficient (Wildman–Crippen LogP) is 1.24. The fraction of sp³-hybridized carbons (Fsp3) is 0.412. The van der Waals surface area contributed by atoms with Gasteiger partial charge in [-0.25, -0.2) is 0 Å². The highest BCUT2D eigenvalue weighted by Gasteiger charge is 2.22. The van der Waals surface area contributed by atoms with Crippen LogP contribution in [0.5, 0.6) is 0 Å². The van der Waals surface area contributed by atoms with Crippen LogP contribution in [-0.4, -0.2) is 41.1 Å². The average Bonchev–Trinajstić information content (AvgIpc) is 2.45. The van der Waals surface area contributed by atoms with Crippen LogP contribution in [0.3, 0.4) is 0 Å². The quantitative estimate of drug-likeness (QED) is 0.892. The van der Waals surface area contributed by atoms with Gasteiger partial charge in [0.2, 0.25) is 5.91 Å². The zero-order valence-corrected chi connectivity index (χ0v) is 13.3. The standard InChI is InChI=1S/C17H21N3O3/c1-10-7-20(8-11(2)23-10)9-13-6-16(21)14-5-12(17(18)22)3-4-15(14)19-13/h3-6,10-11H,7-9H2,1-2H3,(H2,18,22)(H,19,21)/t10-,11+. The number of primary amides is 1. The topological polar surface area (TPSA) is 88.4 Å². The summed E-state index contributed by atoms with van der Waals surface area (Å²) in [5.41, 5.74) is 7.07. The normalized spacial score (nSPS) is 22.3. The molecule has 6 heteroatoms. The number of pyridine rings is 1. The maximum atomic E-state index is 12.3. The second kappa shape index (κ2) is 6.14. The summed E-state index contributed by atoms with van der Waals surface area (Å²) >= 11 is 0. The summed E-state index contributed by atoms with van der Waals surface area (Å²) in [5, 5.41) is 0.480. The molecule has 2 aromatic rings. The third-order valence-electron chi connectivity index (χ3n) is 4.06. The summed E-state index contributed by atoms with van der Waals surface area (Å²) in [6.07, 6.45) is 0.369. The van der Waals surface area contributed by atoms with Crippen molar-refractivity contribution in [2.24, 2.45) is 5.73 Å². The van der Waals surface area contributed by atoms with Gasteiger partial charge in [0.25, 0.3) is 0 Å². The lowest BCUT2D eigenvalue weighted by Crippen LogP contribution is -2.45. The summed E-state index contributed by atoms with van der Waals surface area (Å²) in [4.78, 5) is 29.1. The van der Waals surface area contributed by atoms with Gasteiger partial charge >= 0.3 is 0 Å². The number of fused-ring (bicyclic) bond motifs is 1. The Morgan fingerprint density at radius 3 is 2.65 bits per heavy atom. The number of aromatic nitrogens is 1. The highest BCUT2D eigenvalue weighted by Crippen LogP contribution is 2.15. The van der Waals surface area contributed by atoms with Crippen LogP contribution >= 0.6 is 0 Å². The van der Waals surface area contributed by atoms with E-state index in [-0.39, 0.29) is 17.6 Å². The summed E-state index contributed by atoms with van der Waals surface area (Å²) in [6, 6.07) is 6.49. The van der Waals surface area contributed by atoms with Crippen LogP contribution in [0.15, 0.2) is 29.1 Å². The van der Waals surface area contributed by atoms with E-state index < -0.39 is 5.91 Å². The van der Waals surface area contributed by atoms with Crippen LogP contribution in [0.1, 0.15) is 29.9 Å². The van der Waals surface area contributed by atoms with Gasteiger partial charge in [0.1, 0.15) is 0 Å². The van der Waals surface area contributed by atoms with E-state index in [1.165, 1.54) is 0 Å². The van der Waals surface area contributed by atoms with Crippen LogP contribution in [0.4, 0.5) is 0 Å². The predicted molar refractivity (Wildman–Crippen MR) is 88.4 cm³/mol. The second-order valence-electron chi connectivity index (χ2n) is 6.23. The zero-order valence-electron chi connectivity index (χ0n) is 13.3. The number of carbonyl (C=O) groups excluding carboxylic acids is 1. The number of nitrogens with zero attached hydrogens (tertiary/aromatic N) is 1. The van der Waals surface area contributed by atoms with E-state index in [0.29, 0.717) is 23.0 Å². The third-order valence-corrected chi connectivity index (χ3v) is 4.06. The van der Waals surface area contributed by atoms with E-state index in [9.17, 15) is 9.59 Å². The van der Waals surface area contributed by atoms with Gasteiger partial charge in [0.05, 0.1) is 12.2 Å². The van der Waals surface area contributed by atoms with Crippen LogP contribution in [0.2, 0.25) is 0 Å². The second-order valence-corrected chi connectivity index (χ2v) is 6.23. The van der Waals surface area contributed by atoms with Gasteiger partial charge in [-0.1, -0.05) is 0 Å². The molecule has 0 aliphatic carbocycles. The molecule has 3 N–H and O–H groups in total. The highest BCUT2D eigenvalue weighted by atomic mass is 16.5. The maximum Gasteiger partial charge on any atom is 0.248 e. The van der Waals surface area contributed by atoms with Crippen molar-refractivity contribution in [3.8, 4) is 0 Å². The van der Waals surface area contributed by atoms with Crippen molar-refractivity contribution in [1.29, 1.82) is 0 Å². The SMILES string of the molecule is C[C@@H]1CN(Cc2cc(=O)c3cc(C(N)=O)ccc3[nH]2)C[C@H](C)O1. The minimum absolute atomic E-state index is 0.105. The van der Waals surface area contributed by atoms with Crippen molar-refractivity contribution < 1.29 is 9.53 Å². The molecule has 3 rings (SSSR count). The number of H-pyrrole nitrogens is 1. The van der Waals surface area contributed by atoms with Crippen LogP contribution in [0.25, 0.3) is 10.9 Å². The lowest BCUT2D eigenvalue weighted by atomic mass is 10.1. The van der Waals surface area contributed by atoms with E-state index in [1.807, 2.05) is 0 Å². The van der Waals surface area contributed by atoms with Crippen LogP contribution < -0.4 is 11.2 Å². The van der Waals surface area contributed by atoms with Gasteiger partial charge in [0, 0.05) is 47.9 Å². The van der Waals surface area contributed by atoms with E-state index in [1.54, 1.807) is 24.3 Å². The number of morpholine rings is 1. The molecule has 1 amide bonds. The smallest absolute Gasteiger partial charge is 0.248 e. The Kier molecular flexibility index (Phi) is 4.19. The lowest BCUT2D eigenvalue weighted by Gasteiger charge is -2.35. The van der Waals surface area contributed by atoms with Crippen LogP contribution in [-0.2, 0) is 11.3 Å². The molecule has 0 radical (unpaired) electrons. The van der Waals surface area contributed by atoms with Crippen molar-refractivity contribution in [2.45, 2.75) is 32.6 Å². The van der Waals surface area contributed by atoms with E-state index in [4.69, 9.17) is 10.5 Å². The van der Waals surface area contributed by atoms with Crippen molar-refractivity contribution in [3.63, 3.8) is 0 Å². The molecule has 1 aromatic carbocycles. The van der Waals surface area contributed by atoms with Crippen molar-refractivity contribution in [3.05, 3.63) is 45.7 Å². The molecular weight excluding hydrogens is 294 g/mol. The van der Waals surface area contributed by atoms with Gasteiger partial charge in [-0.3, -0.25) is 14.5 Å². The largest absolute Gasteiger partial charge is 0.373 e. The molecule has 0 saturated carbocycles. The molecule has 23 heavy (non-hydrogen) atoms. The third kappa shape index (κ3) is 3.43. The Hall–Kier alpha value is -2.18. The molecule has 1 aromatic heterocycles. The number of benzene rings is 1. The van der Waals surface area contributed by atoms with E-state index >= 15 is 0 Å². The number of nitrogens with two attached hydrogens (primary N) is 1. The molecule has 2 heterocycles. The van der Waals surface area contributed by atoms with Gasteiger partial charge in [-0.2, -0.15) is 0 Å².